The van der Waals surface area contributed by atoms with Gasteiger partial charge >= 0.3 is 0 Å². The highest BCUT2D eigenvalue weighted by molar-refractivity contribution is 7.89. The Balaban J connectivity index is 1.34. The molecule has 0 aromatic heterocycles. The van der Waals surface area contributed by atoms with E-state index in [1.54, 1.807) is 19.2 Å². The van der Waals surface area contributed by atoms with Crippen molar-refractivity contribution in [3.05, 3.63) is 42.5 Å². The van der Waals surface area contributed by atoms with Crippen molar-refractivity contribution in [3.8, 4) is 0 Å². The minimum Gasteiger partial charge on any atom is -0.315 e. The molecule has 2 N–H and O–H groups in total. The maximum absolute atomic E-state index is 12.8. The molecule has 3 rings (SSSR count). The molecule has 0 radical (unpaired) electrons. The van der Waals surface area contributed by atoms with Gasteiger partial charge in [-0.15, -0.1) is 0 Å². The molecule has 0 amide bonds. The summed E-state index contributed by atoms with van der Waals surface area (Å²) in [5.41, 5.74) is 0. The number of hydrogen-bond donors (Lipinski definition) is 2. The van der Waals surface area contributed by atoms with E-state index in [9.17, 15) is 8.42 Å². The number of unbranched alkanes of at least 4 members (excludes halogenated alkanes) is 1. The fourth-order valence-corrected chi connectivity index (χ4v) is 5.25. The van der Waals surface area contributed by atoms with Crippen LogP contribution in [0.1, 0.15) is 44.9 Å². The van der Waals surface area contributed by atoms with Gasteiger partial charge < -0.3 is 10.6 Å². The zero-order valence-corrected chi connectivity index (χ0v) is 18.4. The monoisotopic (exact) mass is 417 g/mol. The molecular formula is C23H35N3O2S. The normalized spacial score (nSPS) is 15.9. The van der Waals surface area contributed by atoms with Crippen LogP contribution in [0, 0.1) is 0 Å². The highest BCUT2D eigenvalue weighted by atomic mass is 32.2. The van der Waals surface area contributed by atoms with Crippen LogP contribution in [0.3, 0.4) is 0 Å². The lowest BCUT2D eigenvalue weighted by atomic mass is 9.95. The van der Waals surface area contributed by atoms with Crippen molar-refractivity contribution in [3.63, 3.8) is 0 Å². The third-order valence-electron chi connectivity index (χ3n) is 5.85. The van der Waals surface area contributed by atoms with E-state index in [2.05, 4.69) is 10.6 Å². The Morgan fingerprint density at radius 3 is 2.48 bits per heavy atom. The van der Waals surface area contributed by atoms with Crippen molar-refractivity contribution < 1.29 is 8.42 Å². The lowest BCUT2D eigenvalue weighted by molar-refractivity contribution is 0.372. The second kappa shape index (κ2) is 11.1. The standard InChI is InChI=1S/C23H35N3O2S/c1-26(18-8-7-15-24-16-17-25-22-11-3-2-4-12-22)29(27,28)23-14-13-20-9-5-6-10-21(20)19-23/h5-6,9-10,13-14,19,22,24-25H,2-4,7-8,11-12,15-18H2,1H3. The Morgan fingerprint density at radius 2 is 1.69 bits per heavy atom. The van der Waals surface area contributed by atoms with E-state index in [1.807, 2.05) is 30.3 Å². The first kappa shape index (κ1) is 22.2. The first-order chi connectivity index (χ1) is 14.1. The Bertz CT molecular complexity index is 863. The van der Waals surface area contributed by atoms with E-state index in [1.165, 1.54) is 36.4 Å². The van der Waals surface area contributed by atoms with Crippen molar-refractivity contribution in [2.24, 2.45) is 0 Å². The van der Waals surface area contributed by atoms with Gasteiger partial charge in [0.1, 0.15) is 0 Å². The van der Waals surface area contributed by atoms with E-state index < -0.39 is 10.0 Å². The molecule has 6 heteroatoms. The molecule has 0 aliphatic heterocycles. The third-order valence-corrected chi connectivity index (χ3v) is 7.70. The number of nitrogens with one attached hydrogen (secondary N) is 2. The minimum atomic E-state index is -3.44. The molecule has 2 aromatic carbocycles. The molecule has 2 aromatic rings. The molecule has 1 fully saturated rings. The predicted molar refractivity (Wildman–Crippen MR) is 121 cm³/mol. The van der Waals surface area contributed by atoms with Gasteiger partial charge in [-0.2, -0.15) is 0 Å². The van der Waals surface area contributed by atoms with Crippen molar-refractivity contribution in [2.45, 2.75) is 55.9 Å². The quantitative estimate of drug-likeness (QED) is 0.547. The van der Waals surface area contributed by atoms with Crippen molar-refractivity contribution in [1.29, 1.82) is 0 Å². The molecule has 160 valence electrons. The van der Waals surface area contributed by atoms with Crippen LogP contribution in [0.4, 0.5) is 0 Å². The third kappa shape index (κ3) is 6.51. The summed E-state index contributed by atoms with van der Waals surface area (Å²) in [4.78, 5) is 0.366. The molecule has 29 heavy (non-hydrogen) atoms. The van der Waals surface area contributed by atoms with Gasteiger partial charge in [0.05, 0.1) is 4.90 Å². The smallest absolute Gasteiger partial charge is 0.242 e. The zero-order valence-electron chi connectivity index (χ0n) is 17.6. The van der Waals surface area contributed by atoms with Crippen LogP contribution in [-0.4, -0.2) is 52.0 Å². The van der Waals surface area contributed by atoms with Gasteiger partial charge in [-0.3, -0.25) is 0 Å². The summed E-state index contributed by atoms with van der Waals surface area (Å²) in [5.74, 6) is 0. The number of benzene rings is 2. The van der Waals surface area contributed by atoms with Crippen LogP contribution in [0.15, 0.2) is 47.4 Å². The minimum absolute atomic E-state index is 0.366. The Labute approximate surface area is 175 Å². The van der Waals surface area contributed by atoms with Gasteiger partial charge in [-0.25, -0.2) is 12.7 Å². The molecule has 1 aliphatic carbocycles. The fourth-order valence-electron chi connectivity index (χ4n) is 4.01. The summed E-state index contributed by atoms with van der Waals surface area (Å²) in [6.07, 6.45) is 8.58. The fraction of sp³-hybridized carbons (Fsp3) is 0.565. The number of sulfonamides is 1. The Hall–Kier alpha value is -1.47. The summed E-state index contributed by atoms with van der Waals surface area (Å²) < 4.78 is 27.1. The molecule has 0 atom stereocenters. The lowest BCUT2D eigenvalue weighted by Gasteiger charge is -2.22. The Morgan fingerprint density at radius 1 is 0.931 bits per heavy atom. The second-order valence-electron chi connectivity index (χ2n) is 8.08. The van der Waals surface area contributed by atoms with Gasteiger partial charge in [-0.1, -0.05) is 49.6 Å². The van der Waals surface area contributed by atoms with Crippen LogP contribution in [0.25, 0.3) is 10.8 Å². The molecule has 1 saturated carbocycles. The molecule has 0 unspecified atom stereocenters. The van der Waals surface area contributed by atoms with E-state index in [4.69, 9.17) is 0 Å². The van der Waals surface area contributed by atoms with E-state index in [0.29, 0.717) is 17.5 Å². The summed E-state index contributed by atoms with van der Waals surface area (Å²) in [6, 6.07) is 13.9. The van der Waals surface area contributed by atoms with Crippen molar-refractivity contribution >= 4 is 20.8 Å². The number of nitrogens with zero attached hydrogens (tertiary/aromatic N) is 1. The molecule has 0 heterocycles. The summed E-state index contributed by atoms with van der Waals surface area (Å²) in [7, 11) is -1.77. The molecule has 0 saturated heterocycles. The lowest BCUT2D eigenvalue weighted by Crippen LogP contribution is -2.36. The van der Waals surface area contributed by atoms with Crippen molar-refractivity contribution in [1.82, 2.24) is 14.9 Å². The van der Waals surface area contributed by atoms with Gasteiger partial charge in [0, 0.05) is 32.7 Å². The number of fused-ring (bicyclic) bond motifs is 1. The van der Waals surface area contributed by atoms with Crippen LogP contribution < -0.4 is 10.6 Å². The molecule has 0 bridgehead atoms. The average molecular weight is 418 g/mol. The first-order valence-corrected chi connectivity index (χ1v) is 12.4. The van der Waals surface area contributed by atoms with Gasteiger partial charge in [0.15, 0.2) is 0 Å². The summed E-state index contributed by atoms with van der Waals surface area (Å²) >= 11 is 0. The maximum atomic E-state index is 12.8. The van der Waals surface area contributed by atoms with E-state index >= 15 is 0 Å². The summed E-state index contributed by atoms with van der Waals surface area (Å²) in [5, 5.41) is 9.10. The topological polar surface area (TPSA) is 61.4 Å². The van der Waals surface area contributed by atoms with Gasteiger partial charge in [-0.05, 0) is 55.1 Å². The van der Waals surface area contributed by atoms with Crippen LogP contribution in [-0.2, 0) is 10.0 Å². The van der Waals surface area contributed by atoms with E-state index in [-0.39, 0.29) is 0 Å². The first-order valence-electron chi connectivity index (χ1n) is 11.0. The van der Waals surface area contributed by atoms with Crippen LogP contribution >= 0.6 is 0 Å². The SMILES string of the molecule is CN(CCCCNCCNC1CCCCC1)S(=O)(=O)c1ccc2ccccc2c1. The number of hydrogen-bond acceptors (Lipinski definition) is 4. The Kier molecular flexibility index (Phi) is 8.48. The van der Waals surface area contributed by atoms with Gasteiger partial charge in [0.2, 0.25) is 10.0 Å². The van der Waals surface area contributed by atoms with E-state index in [0.717, 1.165) is 43.2 Å². The second-order valence-corrected chi connectivity index (χ2v) is 10.1. The predicted octanol–water partition coefficient (Wildman–Crippen LogP) is 3.75. The molecular weight excluding hydrogens is 382 g/mol. The number of rotatable bonds is 11. The van der Waals surface area contributed by atoms with Crippen molar-refractivity contribution in [2.75, 3.05) is 33.2 Å². The molecule has 0 spiro atoms. The maximum Gasteiger partial charge on any atom is 0.242 e. The highest BCUT2D eigenvalue weighted by Gasteiger charge is 2.20. The van der Waals surface area contributed by atoms with Crippen LogP contribution in [0.5, 0.6) is 0 Å². The zero-order chi connectivity index (χ0) is 20.5. The van der Waals surface area contributed by atoms with Crippen LogP contribution in [0.2, 0.25) is 0 Å². The summed E-state index contributed by atoms with van der Waals surface area (Å²) in [6.45, 7) is 3.45. The average Bonchev–Trinajstić information content (AvgIpc) is 2.75. The molecule has 1 aliphatic rings. The van der Waals surface area contributed by atoms with Gasteiger partial charge in [0.25, 0.3) is 0 Å². The molecule has 5 nitrogen and oxygen atoms in total. The highest BCUT2D eigenvalue weighted by Crippen LogP contribution is 2.21. The largest absolute Gasteiger partial charge is 0.315 e.